The highest BCUT2D eigenvalue weighted by atomic mass is 16.3. The Kier molecular flexibility index (Phi) is 6.71. The summed E-state index contributed by atoms with van der Waals surface area (Å²) < 4.78 is 1.66. The normalized spacial score (nSPS) is 23.1. The molecule has 1 fully saturated rings. The lowest BCUT2D eigenvalue weighted by molar-refractivity contribution is -0.127. The van der Waals surface area contributed by atoms with Crippen LogP contribution in [0.4, 0.5) is 0 Å². The lowest BCUT2D eigenvalue weighted by Crippen LogP contribution is -2.51. The maximum absolute atomic E-state index is 13.8. The molecule has 190 valence electrons. The third kappa shape index (κ3) is 4.25. The number of rotatable bonds is 6. The average molecular weight is 500 g/mol. The van der Waals surface area contributed by atoms with Gasteiger partial charge in [0.25, 0.3) is 11.5 Å². The van der Waals surface area contributed by atoms with Gasteiger partial charge in [0.1, 0.15) is 11.7 Å². The minimum atomic E-state index is -0.945. The Balaban J connectivity index is 1.57. The summed E-state index contributed by atoms with van der Waals surface area (Å²) in [6.45, 7) is 3.71. The van der Waals surface area contributed by atoms with Crippen LogP contribution in [0.5, 0.6) is 0 Å². The molecule has 2 aromatic heterocycles. The Bertz CT molecular complexity index is 1390. The number of aliphatic hydroxyl groups is 1. The van der Waals surface area contributed by atoms with Crippen molar-refractivity contribution in [2.45, 2.75) is 38.5 Å². The maximum atomic E-state index is 13.8. The van der Waals surface area contributed by atoms with Crippen molar-refractivity contribution >= 4 is 17.9 Å². The minimum Gasteiger partial charge on any atom is -0.396 e. The fourth-order valence-electron chi connectivity index (χ4n) is 5.70. The highest BCUT2D eigenvalue weighted by Crippen LogP contribution is 2.49. The van der Waals surface area contributed by atoms with Crippen molar-refractivity contribution in [1.29, 1.82) is 0 Å². The highest BCUT2D eigenvalue weighted by molar-refractivity contribution is 5.97. The van der Waals surface area contributed by atoms with Crippen LogP contribution in [0.15, 0.2) is 71.9 Å². The lowest BCUT2D eigenvalue weighted by Gasteiger charge is -2.31. The van der Waals surface area contributed by atoms with E-state index in [2.05, 4.69) is 15.3 Å². The SMILES string of the molecule is C/C=C/c1ccc2n(c1=O)C[C@@H]1[C@@H](CO)[C@H](C(=O)N[C@@H](C)c3ccccc3)N(C(=O)c3cnccn3)[C@H]21. The third-order valence-electron chi connectivity index (χ3n) is 7.40. The molecule has 0 bridgehead atoms. The minimum absolute atomic E-state index is 0.0973. The van der Waals surface area contributed by atoms with Gasteiger partial charge in [-0.15, -0.1) is 0 Å². The Hall–Kier alpha value is -4.11. The zero-order valence-corrected chi connectivity index (χ0v) is 20.7. The van der Waals surface area contributed by atoms with E-state index in [1.165, 1.54) is 23.5 Å². The number of aliphatic hydroxyl groups excluding tert-OH is 1. The molecule has 5 atom stereocenters. The van der Waals surface area contributed by atoms with Gasteiger partial charge in [-0.25, -0.2) is 4.98 Å². The quantitative estimate of drug-likeness (QED) is 0.538. The van der Waals surface area contributed by atoms with Crippen molar-refractivity contribution in [3.8, 4) is 0 Å². The number of nitrogens with zero attached hydrogens (tertiary/aromatic N) is 4. The molecular weight excluding hydrogens is 470 g/mol. The van der Waals surface area contributed by atoms with E-state index in [0.717, 1.165) is 5.56 Å². The van der Waals surface area contributed by atoms with Gasteiger partial charge in [-0.2, -0.15) is 0 Å². The maximum Gasteiger partial charge on any atom is 0.275 e. The van der Waals surface area contributed by atoms with E-state index in [4.69, 9.17) is 0 Å². The topological polar surface area (TPSA) is 117 Å². The molecule has 2 N–H and O–H groups in total. The van der Waals surface area contributed by atoms with Crippen molar-refractivity contribution in [3.63, 3.8) is 0 Å². The second-order valence-corrected chi connectivity index (χ2v) is 9.47. The van der Waals surface area contributed by atoms with Crippen LogP contribution in [0, 0.1) is 11.8 Å². The van der Waals surface area contributed by atoms with Crippen molar-refractivity contribution in [1.82, 2.24) is 24.8 Å². The molecule has 9 heteroatoms. The molecule has 0 unspecified atom stereocenters. The molecule has 2 amide bonds. The molecule has 0 spiro atoms. The number of aromatic nitrogens is 3. The number of nitrogens with one attached hydrogen (secondary N) is 1. The van der Waals surface area contributed by atoms with E-state index in [1.807, 2.05) is 50.2 Å². The number of carbonyl (C=O) groups excluding carboxylic acids is 2. The zero-order valence-electron chi connectivity index (χ0n) is 20.7. The number of hydrogen-bond donors (Lipinski definition) is 2. The fraction of sp³-hybridized carbons (Fsp3) is 0.321. The summed E-state index contributed by atoms with van der Waals surface area (Å²) in [5, 5.41) is 13.5. The number of pyridine rings is 1. The monoisotopic (exact) mass is 499 g/mol. The average Bonchev–Trinajstić information content (AvgIpc) is 3.46. The molecule has 9 nitrogen and oxygen atoms in total. The molecule has 37 heavy (non-hydrogen) atoms. The number of allylic oxidation sites excluding steroid dienone is 1. The lowest BCUT2D eigenvalue weighted by atomic mass is 9.88. The number of likely N-dealkylation sites (tertiary alicyclic amines) is 1. The van der Waals surface area contributed by atoms with Crippen LogP contribution in [0.1, 0.15) is 53.2 Å². The van der Waals surface area contributed by atoms with Crippen molar-refractivity contribution in [3.05, 3.63) is 100.0 Å². The van der Waals surface area contributed by atoms with Crippen LogP contribution in [0.3, 0.4) is 0 Å². The van der Waals surface area contributed by atoms with Crippen LogP contribution >= 0.6 is 0 Å². The third-order valence-corrected chi connectivity index (χ3v) is 7.40. The van der Waals surface area contributed by atoms with E-state index < -0.39 is 23.9 Å². The van der Waals surface area contributed by atoms with Gasteiger partial charge in [0, 0.05) is 48.6 Å². The smallest absolute Gasteiger partial charge is 0.275 e. The highest BCUT2D eigenvalue weighted by Gasteiger charge is 2.57. The molecule has 3 aromatic rings. The predicted molar refractivity (Wildman–Crippen MR) is 137 cm³/mol. The van der Waals surface area contributed by atoms with Crippen LogP contribution in [0.2, 0.25) is 0 Å². The van der Waals surface area contributed by atoms with Gasteiger partial charge in [0.2, 0.25) is 5.91 Å². The summed E-state index contributed by atoms with van der Waals surface area (Å²) in [6, 6.07) is 11.3. The van der Waals surface area contributed by atoms with Gasteiger partial charge in [-0.1, -0.05) is 42.5 Å². The van der Waals surface area contributed by atoms with E-state index in [9.17, 15) is 19.5 Å². The predicted octanol–water partition coefficient (Wildman–Crippen LogP) is 2.35. The number of fused-ring (bicyclic) bond motifs is 3. The van der Waals surface area contributed by atoms with Gasteiger partial charge < -0.3 is 19.9 Å². The summed E-state index contributed by atoms with van der Waals surface area (Å²) in [5.41, 5.74) is 2.05. The van der Waals surface area contributed by atoms with Crippen LogP contribution in [-0.4, -0.2) is 49.0 Å². The Morgan fingerprint density at radius 2 is 1.97 bits per heavy atom. The standard InChI is InChI=1S/C28H29N5O4/c1-3-7-19-10-11-23-24-20(15-32(23)27(19)36)21(16-34)25(33(24)28(37)22-14-29-12-13-30-22)26(35)31-17(2)18-8-5-4-6-9-18/h3-14,17,20-21,24-25,34H,15-16H2,1-2H3,(H,31,35)/b7-3+/t17-,20+,21+,24-,25+/m0/s1. The second-order valence-electron chi connectivity index (χ2n) is 9.47. The first kappa shape index (κ1) is 24.6. The molecule has 0 aliphatic carbocycles. The Morgan fingerprint density at radius 1 is 1.19 bits per heavy atom. The molecule has 2 aliphatic heterocycles. The number of hydrogen-bond acceptors (Lipinski definition) is 6. The molecule has 0 radical (unpaired) electrons. The van der Waals surface area contributed by atoms with E-state index in [1.54, 1.807) is 22.8 Å². The van der Waals surface area contributed by atoms with Crippen LogP contribution in [0.25, 0.3) is 6.08 Å². The molecule has 1 saturated heterocycles. The molecule has 5 rings (SSSR count). The van der Waals surface area contributed by atoms with Crippen molar-refractivity contribution in [2.24, 2.45) is 11.8 Å². The van der Waals surface area contributed by atoms with Crippen LogP contribution in [-0.2, 0) is 11.3 Å². The number of carbonyl (C=O) groups is 2. The number of benzene rings is 1. The fourth-order valence-corrected chi connectivity index (χ4v) is 5.70. The molecule has 1 aromatic carbocycles. The van der Waals surface area contributed by atoms with Crippen molar-refractivity contribution < 1.29 is 14.7 Å². The van der Waals surface area contributed by atoms with E-state index in [-0.39, 0.29) is 35.7 Å². The molecule has 0 saturated carbocycles. The van der Waals surface area contributed by atoms with Crippen molar-refractivity contribution in [2.75, 3.05) is 6.61 Å². The number of amides is 2. The molecule has 2 aliphatic rings. The van der Waals surface area contributed by atoms with Gasteiger partial charge >= 0.3 is 0 Å². The van der Waals surface area contributed by atoms with Crippen LogP contribution < -0.4 is 10.9 Å². The molecule has 4 heterocycles. The van der Waals surface area contributed by atoms with Gasteiger partial charge in [-0.05, 0) is 31.5 Å². The summed E-state index contributed by atoms with van der Waals surface area (Å²) in [5.74, 6) is -1.72. The first-order valence-corrected chi connectivity index (χ1v) is 12.4. The Labute approximate surface area is 214 Å². The van der Waals surface area contributed by atoms with E-state index in [0.29, 0.717) is 17.8 Å². The van der Waals surface area contributed by atoms with Gasteiger partial charge in [0.15, 0.2) is 0 Å². The summed E-state index contributed by atoms with van der Waals surface area (Å²) in [6.07, 6.45) is 7.81. The summed E-state index contributed by atoms with van der Waals surface area (Å²) in [7, 11) is 0. The summed E-state index contributed by atoms with van der Waals surface area (Å²) >= 11 is 0. The van der Waals surface area contributed by atoms with E-state index >= 15 is 0 Å². The Morgan fingerprint density at radius 3 is 2.65 bits per heavy atom. The first-order chi connectivity index (χ1) is 18.0. The first-order valence-electron chi connectivity index (χ1n) is 12.4. The largest absolute Gasteiger partial charge is 0.396 e. The van der Waals surface area contributed by atoms with Gasteiger partial charge in [0.05, 0.1) is 18.3 Å². The second kappa shape index (κ2) is 10.1. The van der Waals surface area contributed by atoms with Gasteiger partial charge in [-0.3, -0.25) is 19.4 Å². The summed E-state index contributed by atoms with van der Waals surface area (Å²) in [4.78, 5) is 50.5. The zero-order chi connectivity index (χ0) is 26.1. The molecular formula is C28H29N5O4.